The van der Waals surface area contributed by atoms with Gasteiger partial charge in [0.25, 0.3) is 5.91 Å². The van der Waals surface area contributed by atoms with E-state index in [-0.39, 0.29) is 5.91 Å². The van der Waals surface area contributed by atoms with E-state index in [0.717, 1.165) is 25.9 Å². The Kier molecular flexibility index (Phi) is 4.36. The highest BCUT2D eigenvalue weighted by atomic mass is 35.5. The lowest BCUT2D eigenvalue weighted by molar-refractivity contribution is 0.0724. The van der Waals surface area contributed by atoms with Gasteiger partial charge in [-0.1, -0.05) is 23.2 Å². The molecule has 0 unspecified atom stereocenters. The molecule has 1 aromatic rings. The van der Waals surface area contributed by atoms with Crippen LogP contribution in [0.5, 0.6) is 5.75 Å². The standard InChI is InChI=1S/C13H15Cl2NO2/c1-18-12-10(14)7-9(8-11(12)15)13(17)16-5-3-2-4-6-16/h7-8H,2-6H2,1H3. The molecule has 0 N–H and O–H groups in total. The van der Waals surface area contributed by atoms with Crippen molar-refractivity contribution in [3.8, 4) is 5.75 Å². The quantitative estimate of drug-likeness (QED) is 0.831. The maximum Gasteiger partial charge on any atom is 0.253 e. The summed E-state index contributed by atoms with van der Waals surface area (Å²) in [5.41, 5.74) is 0.521. The number of amides is 1. The molecule has 98 valence electrons. The molecule has 0 radical (unpaired) electrons. The molecule has 1 aliphatic rings. The molecule has 1 aromatic carbocycles. The highest BCUT2D eigenvalue weighted by Gasteiger charge is 2.20. The molecule has 0 spiro atoms. The van der Waals surface area contributed by atoms with Gasteiger partial charge in [-0.3, -0.25) is 4.79 Å². The van der Waals surface area contributed by atoms with Gasteiger partial charge in [0.2, 0.25) is 0 Å². The summed E-state index contributed by atoms with van der Waals surface area (Å²) in [4.78, 5) is 14.1. The second-order valence-corrected chi connectivity index (χ2v) is 5.14. The molecule has 1 aliphatic heterocycles. The number of likely N-dealkylation sites (tertiary alicyclic amines) is 1. The number of methoxy groups -OCH3 is 1. The average Bonchev–Trinajstić information content (AvgIpc) is 2.38. The third-order valence-corrected chi connectivity index (χ3v) is 3.65. The number of carbonyl (C=O) groups is 1. The number of rotatable bonds is 2. The molecule has 0 atom stereocenters. The summed E-state index contributed by atoms with van der Waals surface area (Å²) in [6, 6.07) is 3.23. The van der Waals surface area contributed by atoms with Gasteiger partial charge in [-0.15, -0.1) is 0 Å². The number of halogens is 2. The zero-order valence-corrected chi connectivity index (χ0v) is 11.7. The van der Waals surface area contributed by atoms with Crippen LogP contribution in [0.4, 0.5) is 0 Å². The topological polar surface area (TPSA) is 29.5 Å². The third-order valence-electron chi connectivity index (χ3n) is 3.09. The van der Waals surface area contributed by atoms with Gasteiger partial charge in [-0.25, -0.2) is 0 Å². The minimum absolute atomic E-state index is 0.0128. The molecular weight excluding hydrogens is 273 g/mol. The van der Waals surface area contributed by atoms with E-state index in [4.69, 9.17) is 27.9 Å². The van der Waals surface area contributed by atoms with Gasteiger partial charge in [-0.05, 0) is 31.4 Å². The lowest BCUT2D eigenvalue weighted by Crippen LogP contribution is -2.35. The van der Waals surface area contributed by atoms with Crippen LogP contribution in [0.3, 0.4) is 0 Å². The molecule has 3 nitrogen and oxygen atoms in total. The second-order valence-electron chi connectivity index (χ2n) is 4.33. The van der Waals surface area contributed by atoms with Gasteiger partial charge in [0.05, 0.1) is 17.2 Å². The van der Waals surface area contributed by atoms with Crippen molar-refractivity contribution in [3.63, 3.8) is 0 Å². The molecule has 1 amide bonds. The third kappa shape index (κ3) is 2.73. The lowest BCUT2D eigenvalue weighted by Gasteiger charge is -2.27. The molecule has 0 aliphatic carbocycles. The summed E-state index contributed by atoms with van der Waals surface area (Å²) in [5, 5.41) is 0.732. The van der Waals surface area contributed by atoms with E-state index in [1.165, 1.54) is 13.5 Å². The van der Waals surface area contributed by atoms with E-state index in [2.05, 4.69) is 0 Å². The predicted octanol–water partition coefficient (Wildman–Crippen LogP) is 3.63. The molecule has 0 saturated carbocycles. The number of hydrogen-bond acceptors (Lipinski definition) is 2. The van der Waals surface area contributed by atoms with Gasteiger partial charge >= 0.3 is 0 Å². The number of hydrogen-bond donors (Lipinski definition) is 0. The predicted molar refractivity (Wildman–Crippen MR) is 72.8 cm³/mol. The zero-order valence-electron chi connectivity index (χ0n) is 10.2. The van der Waals surface area contributed by atoms with E-state index in [1.807, 2.05) is 4.90 Å². The normalized spacial score (nSPS) is 15.6. The summed E-state index contributed by atoms with van der Waals surface area (Å²) >= 11 is 12.1. The van der Waals surface area contributed by atoms with E-state index < -0.39 is 0 Å². The number of benzene rings is 1. The summed E-state index contributed by atoms with van der Waals surface area (Å²) in [6.45, 7) is 1.61. The van der Waals surface area contributed by atoms with Crippen LogP contribution < -0.4 is 4.74 Å². The fraction of sp³-hybridized carbons (Fsp3) is 0.462. The lowest BCUT2D eigenvalue weighted by atomic mass is 10.1. The number of ether oxygens (including phenoxy) is 1. The Bertz CT molecular complexity index is 433. The SMILES string of the molecule is COc1c(Cl)cc(C(=O)N2CCCCC2)cc1Cl. The van der Waals surface area contributed by atoms with Crippen LogP contribution in [0.2, 0.25) is 10.0 Å². The Morgan fingerprint density at radius 2 is 1.72 bits per heavy atom. The summed E-state index contributed by atoms with van der Waals surface area (Å²) in [7, 11) is 1.50. The fourth-order valence-corrected chi connectivity index (χ4v) is 2.80. The van der Waals surface area contributed by atoms with Gasteiger partial charge in [-0.2, -0.15) is 0 Å². The molecule has 18 heavy (non-hydrogen) atoms. The summed E-state index contributed by atoms with van der Waals surface area (Å²) in [6.07, 6.45) is 3.31. The van der Waals surface area contributed by atoms with Gasteiger partial charge in [0.1, 0.15) is 0 Å². The smallest absolute Gasteiger partial charge is 0.253 e. The molecular formula is C13H15Cl2NO2. The van der Waals surface area contributed by atoms with Crippen molar-refractivity contribution in [1.82, 2.24) is 4.90 Å². The maximum atomic E-state index is 12.3. The molecule has 2 rings (SSSR count). The first-order valence-corrected chi connectivity index (χ1v) is 6.71. The number of nitrogens with zero attached hydrogens (tertiary/aromatic N) is 1. The molecule has 1 fully saturated rings. The Balaban J connectivity index is 2.25. The summed E-state index contributed by atoms with van der Waals surface area (Å²) in [5.74, 6) is 0.398. The number of carbonyl (C=O) groups excluding carboxylic acids is 1. The Morgan fingerprint density at radius 1 is 1.17 bits per heavy atom. The first-order chi connectivity index (χ1) is 8.63. The minimum atomic E-state index is -0.0128. The molecule has 0 bridgehead atoms. The second kappa shape index (κ2) is 5.81. The van der Waals surface area contributed by atoms with Crippen LogP contribution >= 0.6 is 23.2 Å². The van der Waals surface area contributed by atoms with Crippen LogP contribution in [0.1, 0.15) is 29.6 Å². The Labute approximate surface area is 117 Å². The summed E-state index contributed by atoms with van der Waals surface area (Å²) < 4.78 is 5.07. The van der Waals surface area contributed by atoms with Crippen LogP contribution in [-0.2, 0) is 0 Å². The average molecular weight is 288 g/mol. The molecule has 1 heterocycles. The highest BCUT2D eigenvalue weighted by molar-refractivity contribution is 6.37. The Hall–Kier alpha value is -0.930. The van der Waals surface area contributed by atoms with E-state index in [9.17, 15) is 4.79 Å². The van der Waals surface area contributed by atoms with Crippen LogP contribution in [0.25, 0.3) is 0 Å². The largest absolute Gasteiger partial charge is 0.494 e. The van der Waals surface area contributed by atoms with E-state index >= 15 is 0 Å². The van der Waals surface area contributed by atoms with Crippen molar-refractivity contribution in [2.45, 2.75) is 19.3 Å². The van der Waals surface area contributed by atoms with Crippen molar-refractivity contribution in [2.24, 2.45) is 0 Å². The van der Waals surface area contributed by atoms with Crippen molar-refractivity contribution in [1.29, 1.82) is 0 Å². The fourth-order valence-electron chi connectivity index (χ4n) is 2.16. The van der Waals surface area contributed by atoms with Crippen molar-refractivity contribution in [3.05, 3.63) is 27.7 Å². The van der Waals surface area contributed by atoms with Gasteiger partial charge in [0.15, 0.2) is 5.75 Å². The molecule has 0 aromatic heterocycles. The minimum Gasteiger partial charge on any atom is -0.494 e. The van der Waals surface area contributed by atoms with Crippen molar-refractivity contribution >= 4 is 29.1 Å². The van der Waals surface area contributed by atoms with Crippen molar-refractivity contribution < 1.29 is 9.53 Å². The van der Waals surface area contributed by atoms with E-state index in [0.29, 0.717) is 21.4 Å². The van der Waals surface area contributed by atoms with E-state index in [1.54, 1.807) is 12.1 Å². The number of piperidine rings is 1. The monoisotopic (exact) mass is 287 g/mol. The van der Waals surface area contributed by atoms with Crippen LogP contribution in [0.15, 0.2) is 12.1 Å². The highest BCUT2D eigenvalue weighted by Crippen LogP contribution is 2.34. The first kappa shape index (κ1) is 13.5. The van der Waals surface area contributed by atoms with Crippen LogP contribution in [0, 0.1) is 0 Å². The molecule has 5 heteroatoms. The van der Waals surface area contributed by atoms with Gasteiger partial charge < -0.3 is 9.64 Å². The first-order valence-electron chi connectivity index (χ1n) is 5.96. The molecule has 1 saturated heterocycles. The Morgan fingerprint density at radius 3 is 2.22 bits per heavy atom. The zero-order chi connectivity index (χ0) is 13.1. The van der Waals surface area contributed by atoms with Gasteiger partial charge in [0, 0.05) is 18.7 Å². The van der Waals surface area contributed by atoms with Crippen molar-refractivity contribution in [2.75, 3.05) is 20.2 Å². The van der Waals surface area contributed by atoms with Crippen LogP contribution in [-0.4, -0.2) is 31.0 Å². The maximum absolute atomic E-state index is 12.3.